The van der Waals surface area contributed by atoms with E-state index in [9.17, 15) is 19.2 Å². The maximum absolute atomic E-state index is 12.7. The minimum atomic E-state index is -0.848. The topological polar surface area (TPSA) is 113 Å². The maximum atomic E-state index is 12.7. The van der Waals surface area contributed by atoms with Gasteiger partial charge in [-0.2, -0.15) is 0 Å². The fourth-order valence-electron chi connectivity index (χ4n) is 4.19. The monoisotopic (exact) mass is 423 g/mol. The zero-order chi connectivity index (χ0) is 22.0. The second kappa shape index (κ2) is 8.71. The number of hydrogen-bond donors (Lipinski definition) is 2. The normalized spacial score (nSPS) is 19.4. The standard InChI is InChI=1S/C22H25N5O4/c1-26-12-11-23-20(26)19(29)14-7-9-15(10-8-14)24-18(28)13-17-21(30)27(22(31)25-17)16-5-3-2-4-6-16/h7-12,16-17H,2-6,13H2,1H3,(H,24,28)(H,25,31). The summed E-state index contributed by atoms with van der Waals surface area (Å²) in [5.74, 6) is -0.599. The van der Waals surface area contributed by atoms with Crippen molar-refractivity contribution < 1.29 is 19.2 Å². The molecule has 9 heteroatoms. The third-order valence-electron chi connectivity index (χ3n) is 5.84. The van der Waals surface area contributed by atoms with Gasteiger partial charge in [0.1, 0.15) is 6.04 Å². The van der Waals surface area contributed by atoms with Crippen LogP contribution in [0.5, 0.6) is 0 Å². The molecule has 0 bridgehead atoms. The van der Waals surface area contributed by atoms with E-state index in [0.717, 1.165) is 32.1 Å². The van der Waals surface area contributed by atoms with Gasteiger partial charge in [-0.25, -0.2) is 9.78 Å². The molecule has 1 aliphatic carbocycles. The van der Waals surface area contributed by atoms with Gasteiger partial charge in [0.25, 0.3) is 5.91 Å². The van der Waals surface area contributed by atoms with E-state index in [1.165, 1.54) is 4.90 Å². The van der Waals surface area contributed by atoms with Crippen LogP contribution in [0.2, 0.25) is 0 Å². The Morgan fingerprint density at radius 3 is 2.48 bits per heavy atom. The molecule has 2 N–H and O–H groups in total. The quantitative estimate of drug-likeness (QED) is 0.546. The van der Waals surface area contributed by atoms with E-state index in [1.807, 2.05) is 0 Å². The zero-order valence-electron chi connectivity index (χ0n) is 17.3. The third kappa shape index (κ3) is 4.35. The van der Waals surface area contributed by atoms with E-state index in [2.05, 4.69) is 15.6 Å². The molecule has 0 radical (unpaired) electrons. The first-order valence-corrected chi connectivity index (χ1v) is 10.5. The number of nitrogens with one attached hydrogen (secondary N) is 2. The molecule has 1 atom stereocenters. The summed E-state index contributed by atoms with van der Waals surface area (Å²) in [6.07, 6.45) is 7.89. The van der Waals surface area contributed by atoms with E-state index in [4.69, 9.17) is 0 Å². The molecule has 4 rings (SSSR count). The summed E-state index contributed by atoms with van der Waals surface area (Å²) in [4.78, 5) is 55.2. The van der Waals surface area contributed by atoms with Crippen LogP contribution in [0.3, 0.4) is 0 Å². The molecule has 0 spiro atoms. The summed E-state index contributed by atoms with van der Waals surface area (Å²) >= 11 is 0. The molecule has 31 heavy (non-hydrogen) atoms. The van der Waals surface area contributed by atoms with Gasteiger partial charge in [-0.15, -0.1) is 0 Å². The fraction of sp³-hybridized carbons (Fsp3) is 0.409. The molecule has 2 heterocycles. The van der Waals surface area contributed by atoms with Gasteiger partial charge in [0.2, 0.25) is 11.7 Å². The van der Waals surface area contributed by atoms with Crippen LogP contribution in [0.1, 0.15) is 54.7 Å². The van der Waals surface area contributed by atoms with Crippen molar-refractivity contribution in [3.05, 3.63) is 48.0 Å². The number of imide groups is 1. The van der Waals surface area contributed by atoms with Crippen molar-refractivity contribution in [1.29, 1.82) is 0 Å². The van der Waals surface area contributed by atoms with Crippen LogP contribution in [-0.4, -0.2) is 50.2 Å². The molecule has 2 aromatic rings. The van der Waals surface area contributed by atoms with Gasteiger partial charge < -0.3 is 15.2 Å². The van der Waals surface area contributed by atoms with Crippen molar-refractivity contribution >= 4 is 29.3 Å². The number of carbonyl (C=O) groups is 4. The Balaban J connectivity index is 1.34. The molecule has 1 aromatic carbocycles. The Labute approximate surface area is 179 Å². The Morgan fingerprint density at radius 1 is 1.13 bits per heavy atom. The average Bonchev–Trinajstić information content (AvgIpc) is 3.31. The van der Waals surface area contributed by atoms with Gasteiger partial charge in [-0.3, -0.25) is 19.3 Å². The van der Waals surface area contributed by atoms with E-state index in [-0.39, 0.29) is 30.1 Å². The number of aromatic nitrogens is 2. The molecule has 1 aromatic heterocycles. The molecule has 4 amide bonds. The first kappa shape index (κ1) is 20.8. The van der Waals surface area contributed by atoms with Gasteiger partial charge in [-0.1, -0.05) is 19.3 Å². The minimum absolute atomic E-state index is 0.0712. The summed E-state index contributed by atoms with van der Waals surface area (Å²) in [6, 6.07) is 5.14. The highest BCUT2D eigenvalue weighted by atomic mass is 16.2. The zero-order valence-corrected chi connectivity index (χ0v) is 17.3. The highest BCUT2D eigenvalue weighted by Gasteiger charge is 2.42. The number of rotatable bonds is 6. The fourth-order valence-corrected chi connectivity index (χ4v) is 4.19. The van der Waals surface area contributed by atoms with Crippen LogP contribution in [0.4, 0.5) is 10.5 Å². The summed E-state index contributed by atoms with van der Waals surface area (Å²) < 4.78 is 1.64. The lowest BCUT2D eigenvalue weighted by atomic mass is 9.94. The summed E-state index contributed by atoms with van der Waals surface area (Å²) in [6.45, 7) is 0. The molecule has 162 valence electrons. The van der Waals surface area contributed by atoms with Crippen LogP contribution >= 0.6 is 0 Å². The lowest BCUT2D eigenvalue weighted by molar-refractivity contribution is -0.131. The number of hydrogen-bond acceptors (Lipinski definition) is 5. The van der Waals surface area contributed by atoms with Crippen molar-refractivity contribution in [2.75, 3.05) is 5.32 Å². The molecule has 1 aliphatic heterocycles. The Kier molecular flexibility index (Phi) is 5.83. The highest BCUT2D eigenvalue weighted by Crippen LogP contribution is 2.26. The lowest BCUT2D eigenvalue weighted by Gasteiger charge is -2.28. The van der Waals surface area contributed by atoms with Crippen LogP contribution in [0.15, 0.2) is 36.7 Å². The smallest absolute Gasteiger partial charge is 0.325 e. The second-order valence-electron chi connectivity index (χ2n) is 8.02. The third-order valence-corrected chi connectivity index (χ3v) is 5.84. The molecule has 2 fully saturated rings. The van der Waals surface area contributed by atoms with Gasteiger partial charge in [-0.05, 0) is 37.1 Å². The maximum Gasteiger partial charge on any atom is 0.325 e. The van der Waals surface area contributed by atoms with E-state index in [1.54, 1.807) is 48.3 Å². The lowest BCUT2D eigenvalue weighted by Crippen LogP contribution is -2.42. The number of carbonyl (C=O) groups excluding carboxylic acids is 4. The largest absolute Gasteiger partial charge is 0.331 e. The summed E-state index contributed by atoms with van der Waals surface area (Å²) in [7, 11) is 1.74. The number of imidazole rings is 1. The first-order valence-electron chi connectivity index (χ1n) is 10.5. The SMILES string of the molecule is Cn1ccnc1C(=O)c1ccc(NC(=O)CC2NC(=O)N(C3CCCCC3)C2=O)cc1. The van der Waals surface area contributed by atoms with Crippen molar-refractivity contribution in [2.45, 2.75) is 50.6 Å². The van der Waals surface area contributed by atoms with Crippen molar-refractivity contribution in [2.24, 2.45) is 7.05 Å². The van der Waals surface area contributed by atoms with Crippen molar-refractivity contribution in [3.8, 4) is 0 Å². The number of ketones is 1. The minimum Gasteiger partial charge on any atom is -0.331 e. The Morgan fingerprint density at radius 2 is 1.84 bits per heavy atom. The number of urea groups is 1. The predicted molar refractivity (Wildman–Crippen MR) is 112 cm³/mol. The number of anilines is 1. The molecule has 1 saturated heterocycles. The predicted octanol–water partition coefficient (Wildman–Crippen LogP) is 2.23. The summed E-state index contributed by atoms with van der Waals surface area (Å²) in [5, 5.41) is 5.35. The Bertz CT molecular complexity index is 1010. The van der Waals surface area contributed by atoms with Gasteiger partial charge in [0, 0.05) is 36.7 Å². The van der Waals surface area contributed by atoms with Crippen LogP contribution < -0.4 is 10.6 Å². The number of benzene rings is 1. The number of aryl methyl sites for hydroxylation is 1. The molecule has 1 saturated carbocycles. The summed E-state index contributed by atoms with van der Waals surface area (Å²) in [5.41, 5.74) is 0.955. The van der Waals surface area contributed by atoms with E-state index < -0.39 is 12.1 Å². The van der Waals surface area contributed by atoms with Crippen molar-refractivity contribution in [3.63, 3.8) is 0 Å². The second-order valence-corrected chi connectivity index (χ2v) is 8.02. The number of nitrogens with zero attached hydrogens (tertiary/aromatic N) is 3. The van der Waals surface area contributed by atoms with Crippen molar-refractivity contribution in [1.82, 2.24) is 19.8 Å². The molecule has 9 nitrogen and oxygen atoms in total. The van der Waals surface area contributed by atoms with Gasteiger partial charge in [0.15, 0.2) is 5.82 Å². The van der Waals surface area contributed by atoms with Crippen LogP contribution in [0.25, 0.3) is 0 Å². The average molecular weight is 423 g/mol. The molecule has 2 aliphatic rings. The van der Waals surface area contributed by atoms with E-state index >= 15 is 0 Å². The first-order chi connectivity index (χ1) is 14.9. The van der Waals surface area contributed by atoms with Crippen LogP contribution in [0, 0.1) is 0 Å². The number of amides is 4. The van der Waals surface area contributed by atoms with Gasteiger partial charge >= 0.3 is 6.03 Å². The molecular formula is C22H25N5O4. The molecular weight excluding hydrogens is 398 g/mol. The van der Waals surface area contributed by atoms with Crippen LogP contribution in [-0.2, 0) is 16.6 Å². The highest BCUT2D eigenvalue weighted by molar-refractivity contribution is 6.08. The molecule has 1 unspecified atom stereocenters. The van der Waals surface area contributed by atoms with E-state index in [0.29, 0.717) is 17.1 Å². The van der Waals surface area contributed by atoms with Gasteiger partial charge in [0.05, 0.1) is 6.42 Å². The Hall–Kier alpha value is -3.49.